The number of ether oxygens (including phenoxy) is 1. The third kappa shape index (κ3) is 3.87. The maximum atomic E-state index is 11.7. The molecule has 4 heteroatoms. The first-order valence-corrected chi connectivity index (χ1v) is 9.98. The van der Waals surface area contributed by atoms with E-state index < -0.39 is 8.07 Å². The highest BCUT2D eigenvalue weighted by atomic mass is 28.3. The van der Waals surface area contributed by atoms with Crippen LogP contribution in [-0.4, -0.2) is 31.7 Å². The lowest BCUT2D eigenvalue weighted by Gasteiger charge is -2.15. The highest BCUT2D eigenvalue weighted by Crippen LogP contribution is 2.16. The number of amides is 1. The van der Waals surface area contributed by atoms with Crippen molar-refractivity contribution < 1.29 is 9.53 Å². The van der Waals surface area contributed by atoms with Crippen molar-refractivity contribution in [1.82, 2.24) is 4.90 Å². The van der Waals surface area contributed by atoms with Crippen LogP contribution in [0.2, 0.25) is 19.6 Å². The first-order chi connectivity index (χ1) is 8.96. The van der Waals surface area contributed by atoms with Crippen LogP contribution >= 0.6 is 0 Å². The van der Waals surface area contributed by atoms with Crippen LogP contribution in [0.3, 0.4) is 0 Å². The van der Waals surface area contributed by atoms with Gasteiger partial charge in [0, 0.05) is 6.04 Å². The summed E-state index contributed by atoms with van der Waals surface area (Å²) in [6.45, 7) is 6.91. The molecule has 1 aromatic rings. The fourth-order valence-corrected chi connectivity index (χ4v) is 2.32. The maximum absolute atomic E-state index is 11.7. The van der Waals surface area contributed by atoms with Crippen LogP contribution in [0.5, 0.6) is 0 Å². The zero-order chi connectivity index (χ0) is 13.9. The molecule has 1 heterocycles. The number of hydrogen-bond acceptors (Lipinski definition) is 2. The second-order valence-corrected chi connectivity index (χ2v) is 10.5. The molecule has 0 bridgehead atoms. The number of carbonyl (C=O) groups excluding carboxylic acids is 1. The topological polar surface area (TPSA) is 29.5 Å². The van der Waals surface area contributed by atoms with Crippen molar-refractivity contribution in [3.05, 3.63) is 35.9 Å². The first kappa shape index (κ1) is 13.7. The van der Waals surface area contributed by atoms with Gasteiger partial charge >= 0.3 is 6.09 Å². The summed E-state index contributed by atoms with van der Waals surface area (Å²) in [6.07, 6.45) is 0.471. The standard InChI is InChI=1S/C15H19NO2Si/c1-19(2,3)10-9-16-14(12-18-15(16)17)11-13-7-5-4-6-8-13/h4-8,14H,11-12H2,1-3H3/t14-/m0/s1. The number of nitrogens with zero attached hydrogens (tertiary/aromatic N) is 1. The van der Waals surface area contributed by atoms with E-state index in [1.807, 2.05) is 18.2 Å². The summed E-state index contributed by atoms with van der Waals surface area (Å²) >= 11 is 0. The van der Waals surface area contributed by atoms with Crippen LogP contribution in [0.15, 0.2) is 30.3 Å². The molecule has 0 saturated carbocycles. The first-order valence-electron chi connectivity index (χ1n) is 6.48. The Bertz CT molecular complexity index is 510. The van der Waals surface area contributed by atoms with Gasteiger partial charge in [-0.2, -0.15) is 0 Å². The van der Waals surface area contributed by atoms with Gasteiger partial charge in [-0.25, -0.2) is 9.69 Å². The van der Waals surface area contributed by atoms with E-state index in [0.717, 1.165) is 6.42 Å². The Morgan fingerprint density at radius 1 is 1.32 bits per heavy atom. The van der Waals surface area contributed by atoms with Gasteiger partial charge in [0.2, 0.25) is 0 Å². The lowest BCUT2D eigenvalue weighted by Crippen LogP contribution is -2.32. The highest BCUT2D eigenvalue weighted by molar-refractivity contribution is 6.83. The smallest absolute Gasteiger partial charge is 0.421 e. The number of carbonyl (C=O) groups is 1. The predicted molar refractivity (Wildman–Crippen MR) is 78.2 cm³/mol. The van der Waals surface area contributed by atoms with Crippen LogP contribution < -0.4 is 0 Å². The summed E-state index contributed by atoms with van der Waals surface area (Å²) in [7, 11) is -1.49. The van der Waals surface area contributed by atoms with E-state index in [4.69, 9.17) is 4.74 Å². The Labute approximate surface area is 115 Å². The third-order valence-electron chi connectivity index (χ3n) is 2.83. The summed E-state index contributed by atoms with van der Waals surface area (Å²) in [5.41, 5.74) is 4.42. The van der Waals surface area contributed by atoms with Crippen molar-refractivity contribution in [1.29, 1.82) is 0 Å². The molecule has 1 atom stereocenters. The molecule has 0 spiro atoms. The highest BCUT2D eigenvalue weighted by Gasteiger charge is 2.32. The second-order valence-electron chi connectivity index (χ2n) is 5.78. The molecule has 0 unspecified atom stereocenters. The van der Waals surface area contributed by atoms with Gasteiger partial charge in [0.15, 0.2) is 0 Å². The normalized spacial score (nSPS) is 18.8. The maximum Gasteiger partial charge on any atom is 0.421 e. The quantitative estimate of drug-likeness (QED) is 0.612. The average molecular weight is 273 g/mol. The van der Waals surface area contributed by atoms with E-state index in [1.54, 1.807) is 4.90 Å². The lowest BCUT2D eigenvalue weighted by molar-refractivity contribution is 0.167. The molecule has 0 aromatic heterocycles. The van der Waals surface area contributed by atoms with Crippen LogP contribution in [-0.2, 0) is 11.2 Å². The van der Waals surface area contributed by atoms with Gasteiger partial charge in [-0.3, -0.25) is 0 Å². The molecule has 0 N–H and O–H groups in total. The summed E-state index contributed by atoms with van der Waals surface area (Å²) in [4.78, 5) is 13.3. The molecule has 2 rings (SSSR count). The Balaban J connectivity index is 2.11. The molecule has 100 valence electrons. The number of hydrogen-bond donors (Lipinski definition) is 0. The Kier molecular flexibility index (Phi) is 3.96. The van der Waals surface area contributed by atoms with E-state index >= 15 is 0 Å². The Hall–Kier alpha value is -1.73. The average Bonchev–Trinajstić information content (AvgIpc) is 2.68. The molecule has 0 aliphatic carbocycles. The summed E-state index contributed by atoms with van der Waals surface area (Å²) in [6, 6.07) is 13.2. The monoisotopic (exact) mass is 273 g/mol. The fourth-order valence-electron chi connectivity index (χ4n) is 1.86. The molecule has 1 saturated heterocycles. The van der Waals surface area contributed by atoms with Gasteiger partial charge in [0.25, 0.3) is 0 Å². The Morgan fingerprint density at radius 3 is 2.63 bits per heavy atom. The van der Waals surface area contributed by atoms with E-state index in [1.165, 1.54) is 5.56 Å². The molecular formula is C15H19NO2Si. The molecule has 1 aromatic carbocycles. The summed E-state index contributed by atoms with van der Waals surface area (Å²) in [5, 5.41) is 0. The molecule has 1 amide bonds. The predicted octanol–water partition coefficient (Wildman–Crippen LogP) is 2.89. The van der Waals surface area contributed by atoms with E-state index in [-0.39, 0.29) is 12.1 Å². The molecule has 1 aliphatic rings. The van der Waals surface area contributed by atoms with Gasteiger partial charge in [0.05, 0.1) is 6.04 Å². The number of rotatable bonds is 2. The van der Waals surface area contributed by atoms with Crippen LogP contribution in [0.4, 0.5) is 4.79 Å². The van der Waals surface area contributed by atoms with Gasteiger partial charge in [0.1, 0.15) is 14.7 Å². The van der Waals surface area contributed by atoms with E-state index in [2.05, 4.69) is 43.4 Å². The lowest BCUT2D eigenvalue weighted by atomic mass is 10.1. The largest absolute Gasteiger partial charge is 0.446 e. The molecular weight excluding hydrogens is 254 g/mol. The van der Waals surface area contributed by atoms with Crippen molar-refractivity contribution in [3.63, 3.8) is 0 Å². The third-order valence-corrected chi connectivity index (χ3v) is 3.69. The minimum Gasteiger partial charge on any atom is -0.446 e. The van der Waals surface area contributed by atoms with Gasteiger partial charge in [-0.05, 0) is 12.0 Å². The molecule has 1 fully saturated rings. The van der Waals surface area contributed by atoms with Crippen molar-refractivity contribution in [3.8, 4) is 11.6 Å². The number of benzene rings is 1. The van der Waals surface area contributed by atoms with Crippen LogP contribution in [0.25, 0.3) is 0 Å². The zero-order valence-corrected chi connectivity index (χ0v) is 12.6. The molecule has 19 heavy (non-hydrogen) atoms. The van der Waals surface area contributed by atoms with Crippen molar-refractivity contribution >= 4 is 14.2 Å². The van der Waals surface area contributed by atoms with Crippen molar-refractivity contribution in [2.24, 2.45) is 0 Å². The second kappa shape index (κ2) is 5.50. The fraction of sp³-hybridized carbons (Fsp3) is 0.400. The van der Waals surface area contributed by atoms with E-state index in [0.29, 0.717) is 6.61 Å². The molecule has 0 radical (unpaired) electrons. The van der Waals surface area contributed by atoms with E-state index in [9.17, 15) is 4.79 Å². The van der Waals surface area contributed by atoms with Crippen molar-refractivity contribution in [2.75, 3.05) is 6.61 Å². The van der Waals surface area contributed by atoms with Gasteiger partial charge < -0.3 is 4.74 Å². The van der Waals surface area contributed by atoms with Gasteiger partial charge in [-0.1, -0.05) is 50.0 Å². The summed E-state index contributed by atoms with van der Waals surface area (Å²) < 4.78 is 5.12. The molecule has 1 aliphatic heterocycles. The number of cyclic esters (lactones) is 1. The summed E-state index contributed by atoms with van der Waals surface area (Å²) in [5.74, 6) is 0. The minimum absolute atomic E-state index is 0.0266. The SMILES string of the molecule is C[Si](C)(C)C#CN1C(=O)OC[C@@H]1Cc1ccccc1. The minimum atomic E-state index is -1.49. The molecule has 3 nitrogen and oxygen atoms in total. The zero-order valence-electron chi connectivity index (χ0n) is 11.6. The van der Waals surface area contributed by atoms with Crippen LogP contribution in [0, 0.1) is 11.6 Å². The Morgan fingerprint density at radius 2 is 2.00 bits per heavy atom. The van der Waals surface area contributed by atoms with Crippen LogP contribution in [0.1, 0.15) is 5.56 Å². The van der Waals surface area contributed by atoms with Crippen molar-refractivity contribution in [2.45, 2.75) is 32.1 Å². The van der Waals surface area contributed by atoms with Gasteiger partial charge in [-0.15, -0.1) is 5.54 Å².